The second kappa shape index (κ2) is 12.1. The van der Waals surface area contributed by atoms with Crippen LogP contribution >= 0.6 is 0 Å². The molecule has 7 heteroatoms. The summed E-state index contributed by atoms with van der Waals surface area (Å²) in [5, 5.41) is 8.65. The molecule has 1 aliphatic heterocycles. The summed E-state index contributed by atoms with van der Waals surface area (Å²) >= 11 is 0. The van der Waals surface area contributed by atoms with E-state index in [4.69, 9.17) is 14.6 Å². The number of benzene rings is 1. The summed E-state index contributed by atoms with van der Waals surface area (Å²) in [7, 11) is -1.08. The topological polar surface area (TPSA) is 48.3 Å². The third kappa shape index (κ3) is 7.72. The van der Waals surface area contributed by atoms with E-state index in [9.17, 15) is 4.39 Å². The molecule has 2 aromatic rings. The fourth-order valence-electron chi connectivity index (χ4n) is 5.52. The van der Waals surface area contributed by atoms with Gasteiger partial charge in [0.2, 0.25) is 0 Å². The molecular formula is C28H44FN3O2Si. The molecule has 0 unspecified atom stereocenters. The second-order valence-corrected chi connectivity index (χ2v) is 17.4. The minimum absolute atomic E-state index is 0.133. The van der Waals surface area contributed by atoms with Gasteiger partial charge in [0.15, 0.2) is 0 Å². The van der Waals surface area contributed by atoms with Crippen LogP contribution in [-0.2, 0) is 16.2 Å². The molecule has 1 aromatic heterocycles. The van der Waals surface area contributed by atoms with Gasteiger partial charge in [-0.2, -0.15) is 5.10 Å². The van der Waals surface area contributed by atoms with Crippen molar-refractivity contribution in [2.24, 2.45) is 0 Å². The van der Waals surface area contributed by atoms with E-state index in [2.05, 4.69) is 44.1 Å². The molecule has 0 bridgehead atoms. The lowest BCUT2D eigenvalue weighted by Crippen LogP contribution is -2.44. The maximum atomic E-state index is 13.6. The summed E-state index contributed by atoms with van der Waals surface area (Å²) in [5.41, 5.74) is 3.57. The SMILES string of the molecule is Cc1cn(COCC[Si](C)(C)C)nc1[C@H]1CCCN[C@H]1CO[C@H]1CC[C@@H](c2cccc(F)c2)CC1. The zero-order valence-electron chi connectivity index (χ0n) is 22.1. The Balaban J connectivity index is 1.27. The summed E-state index contributed by atoms with van der Waals surface area (Å²) in [4.78, 5) is 0. The Morgan fingerprint density at radius 1 is 1.14 bits per heavy atom. The highest BCUT2D eigenvalue weighted by molar-refractivity contribution is 6.76. The summed E-state index contributed by atoms with van der Waals surface area (Å²) in [6, 6.07) is 8.57. The number of hydrogen-bond acceptors (Lipinski definition) is 4. The predicted molar refractivity (Wildman–Crippen MR) is 142 cm³/mol. The van der Waals surface area contributed by atoms with Crippen LogP contribution in [0.4, 0.5) is 4.39 Å². The van der Waals surface area contributed by atoms with Crippen molar-refractivity contribution in [1.29, 1.82) is 0 Å². The van der Waals surface area contributed by atoms with E-state index in [0.717, 1.165) is 57.4 Å². The van der Waals surface area contributed by atoms with Gasteiger partial charge in [0, 0.05) is 32.8 Å². The summed E-state index contributed by atoms with van der Waals surface area (Å²) in [6.07, 6.45) is 8.95. The molecule has 5 nitrogen and oxygen atoms in total. The number of nitrogens with one attached hydrogen (secondary N) is 1. The Bertz CT molecular complexity index is 937. The maximum Gasteiger partial charge on any atom is 0.139 e. The van der Waals surface area contributed by atoms with E-state index in [0.29, 0.717) is 30.7 Å². The molecule has 2 heterocycles. The molecule has 1 saturated carbocycles. The molecule has 1 saturated heterocycles. The number of hydrogen-bond donors (Lipinski definition) is 1. The van der Waals surface area contributed by atoms with Crippen LogP contribution in [0.2, 0.25) is 25.7 Å². The van der Waals surface area contributed by atoms with Crippen LogP contribution in [0.1, 0.15) is 67.2 Å². The number of ether oxygens (including phenoxy) is 2. The van der Waals surface area contributed by atoms with Crippen molar-refractivity contribution in [3.05, 3.63) is 53.1 Å². The van der Waals surface area contributed by atoms with Crippen LogP contribution in [0.3, 0.4) is 0 Å². The average Bonchev–Trinajstić information content (AvgIpc) is 3.20. The number of piperidine rings is 1. The van der Waals surface area contributed by atoms with Crippen LogP contribution in [0, 0.1) is 12.7 Å². The maximum absolute atomic E-state index is 13.6. The van der Waals surface area contributed by atoms with Gasteiger partial charge in [-0.15, -0.1) is 0 Å². The lowest BCUT2D eigenvalue weighted by Gasteiger charge is -2.35. The quantitative estimate of drug-likeness (QED) is 0.310. The molecule has 1 aromatic carbocycles. The first-order valence-corrected chi connectivity index (χ1v) is 17.2. The van der Waals surface area contributed by atoms with E-state index in [1.54, 1.807) is 6.07 Å². The third-order valence-electron chi connectivity index (χ3n) is 7.64. The predicted octanol–water partition coefficient (Wildman–Crippen LogP) is 6.22. The second-order valence-electron chi connectivity index (χ2n) is 11.8. The summed E-state index contributed by atoms with van der Waals surface area (Å²) in [5.74, 6) is 0.687. The van der Waals surface area contributed by atoms with Gasteiger partial charge in [0.25, 0.3) is 0 Å². The van der Waals surface area contributed by atoms with E-state index in [1.165, 1.54) is 29.8 Å². The Hall–Kier alpha value is -1.54. The number of rotatable bonds is 10. The van der Waals surface area contributed by atoms with Crippen molar-refractivity contribution in [2.75, 3.05) is 19.8 Å². The molecule has 1 aliphatic carbocycles. The zero-order chi connectivity index (χ0) is 24.8. The van der Waals surface area contributed by atoms with E-state index >= 15 is 0 Å². The standard InChI is InChI=1S/C28H44FN3O2Si/c1-21-18-32(20-33-15-16-35(2,3)4)31-28(21)26-9-6-14-30-27(26)19-34-25-12-10-22(11-13-25)23-7-5-8-24(29)17-23/h5,7-8,17-18,22,25-27,30H,6,9-16,19-20H2,1-4H3/t22-,25+,26-,27-/m0/s1. The molecule has 2 atom stereocenters. The van der Waals surface area contributed by atoms with Crippen LogP contribution in [0.15, 0.2) is 30.5 Å². The first-order valence-electron chi connectivity index (χ1n) is 13.5. The van der Waals surface area contributed by atoms with Gasteiger partial charge in [-0.3, -0.25) is 0 Å². The molecular weight excluding hydrogens is 457 g/mol. The van der Waals surface area contributed by atoms with Gasteiger partial charge in [-0.05, 0) is 87.2 Å². The normalized spacial score (nSPS) is 25.6. The van der Waals surface area contributed by atoms with Gasteiger partial charge in [-0.1, -0.05) is 31.8 Å². The third-order valence-corrected chi connectivity index (χ3v) is 9.35. The van der Waals surface area contributed by atoms with Gasteiger partial charge >= 0.3 is 0 Å². The molecule has 0 amide bonds. The molecule has 0 spiro atoms. The number of aryl methyl sites for hydroxylation is 1. The van der Waals surface area contributed by atoms with Crippen LogP contribution < -0.4 is 5.32 Å². The fourth-order valence-corrected chi connectivity index (χ4v) is 6.28. The van der Waals surface area contributed by atoms with Crippen LogP contribution in [-0.4, -0.2) is 49.8 Å². The van der Waals surface area contributed by atoms with Crippen molar-refractivity contribution in [3.63, 3.8) is 0 Å². The van der Waals surface area contributed by atoms with E-state index in [-0.39, 0.29) is 5.82 Å². The lowest BCUT2D eigenvalue weighted by atomic mass is 9.82. The molecule has 194 valence electrons. The number of aromatic nitrogens is 2. The summed E-state index contributed by atoms with van der Waals surface area (Å²) < 4.78 is 28.0. The monoisotopic (exact) mass is 501 g/mol. The highest BCUT2D eigenvalue weighted by Crippen LogP contribution is 2.35. The Labute approximate surface area is 211 Å². The lowest BCUT2D eigenvalue weighted by molar-refractivity contribution is 0.00528. The Morgan fingerprint density at radius 2 is 1.94 bits per heavy atom. The minimum Gasteiger partial charge on any atom is -0.377 e. The number of nitrogens with zero attached hydrogens (tertiary/aromatic N) is 2. The molecule has 2 aliphatic rings. The first kappa shape index (κ1) is 26.5. The van der Waals surface area contributed by atoms with Crippen molar-refractivity contribution in [3.8, 4) is 0 Å². The van der Waals surface area contributed by atoms with Gasteiger partial charge in [-0.25, -0.2) is 9.07 Å². The Kier molecular flexibility index (Phi) is 9.19. The highest BCUT2D eigenvalue weighted by atomic mass is 28.3. The van der Waals surface area contributed by atoms with E-state index in [1.807, 2.05) is 10.7 Å². The minimum atomic E-state index is -1.08. The van der Waals surface area contributed by atoms with Gasteiger partial charge < -0.3 is 14.8 Å². The van der Waals surface area contributed by atoms with Gasteiger partial charge in [0.1, 0.15) is 12.5 Å². The fraction of sp³-hybridized carbons (Fsp3) is 0.679. The van der Waals surface area contributed by atoms with Crippen molar-refractivity contribution in [2.45, 2.75) is 102 Å². The number of halogens is 1. The highest BCUT2D eigenvalue weighted by Gasteiger charge is 2.31. The van der Waals surface area contributed by atoms with Crippen molar-refractivity contribution < 1.29 is 13.9 Å². The van der Waals surface area contributed by atoms with Crippen molar-refractivity contribution in [1.82, 2.24) is 15.1 Å². The molecule has 4 rings (SSSR count). The molecule has 0 radical (unpaired) electrons. The van der Waals surface area contributed by atoms with Gasteiger partial charge in [0.05, 0.1) is 18.4 Å². The Morgan fingerprint density at radius 3 is 2.69 bits per heavy atom. The molecule has 35 heavy (non-hydrogen) atoms. The first-order chi connectivity index (χ1) is 16.8. The van der Waals surface area contributed by atoms with Crippen LogP contribution in [0.5, 0.6) is 0 Å². The summed E-state index contributed by atoms with van der Waals surface area (Å²) in [6.45, 7) is 12.4. The van der Waals surface area contributed by atoms with Crippen LogP contribution in [0.25, 0.3) is 0 Å². The largest absolute Gasteiger partial charge is 0.377 e. The molecule has 2 fully saturated rings. The average molecular weight is 502 g/mol. The van der Waals surface area contributed by atoms with Crippen molar-refractivity contribution >= 4 is 8.07 Å². The molecule has 1 N–H and O–H groups in total. The zero-order valence-corrected chi connectivity index (χ0v) is 23.1. The van der Waals surface area contributed by atoms with E-state index < -0.39 is 8.07 Å². The smallest absolute Gasteiger partial charge is 0.139 e.